The normalized spacial score (nSPS) is 15.2. The number of para-hydroxylation sites is 1. The van der Waals surface area contributed by atoms with Crippen molar-refractivity contribution in [2.24, 2.45) is 0 Å². The average molecular weight is 395 g/mol. The van der Waals surface area contributed by atoms with Gasteiger partial charge in [-0.2, -0.15) is 0 Å². The molecular formula is C18H22N2O4S2. The monoisotopic (exact) mass is 394 g/mol. The quantitative estimate of drug-likeness (QED) is 0.755. The van der Waals surface area contributed by atoms with Crippen LogP contribution in [0.5, 0.6) is 0 Å². The smallest absolute Gasteiger partial charge is 0.261 e. The molecule has 3 rings (SSSR count). The predicted octanol–water partition coefficient (Wildman–Crippen LogP) is 3.05. The van der Waals surface area contributed by atoms with Crippen LogP contribution in [0, 0.1) is 0 Å². The molecule has 0 atom stereocenters. The molecule has 1 fully saturated rings. The van der Waals surface area contributed by atoms with Gasteiger partial charge in [0.1, 0.15) is 0 Å². The van der Waals surface area contributed by atoms with Crippen LogP contribution in [0.15, 0.2) is 58.3 Å². The minimum atomic E-state index is -3.91. The van der Waals surface area contributed by atoms with Crippen molar-refractivity contribution in [1.29, 1.82) is 0 Å². The summed E-state index contributed by atoms with van der Waals surface area (Å²) in [5.74, 6) is 0.142. The van der Waals surface area contributed by atoms with Crippen molar-refractivity contribution >= 4 is 25.7 Å². The van der Waals surface area contributed by atoms with E-state index in [0.29, 0.717) is 5.69 Å². The fraction of sp³-hybridized carbons (Fsp3) is 0.333. The van der Waals surface area contributed by atoms with Gasteiger partial charge in [-0.3, -0.25) is 4.72 Å². The zero-order valence-electron chi connectivity index (χ0n) is 14.6. The summed E-state index contributed by atoms with van der Waals surface area (Å²) in [6.07, 6.45) is 1.62. The molecule has 1 aliphatic carbocycles. The van der Waals surface area contributed by atoms with E-state index in [4.69, 9.17) is 0 Å². The van der Waals surface area contributed by atoms with Gasteiger partial charge in [0.25, 0.3) is 10.0 Å². The fourth-order valence-electron chi connectivity index (χ4n) is 2.59. The van der Waals surface area contributed by atoms with Crippen LogP contribution in [0.25, 0.3) is 0 Å². The Morgan fingerprint density at radius 1 is 0.885 bits per heavy atom. The Bertz CT molecular complexity index is 1010. The fourth-order valence-corrected chi connectivity index (χ4v) is 5.15. The Morgan fingerprint density at radius 2 is 1.50 bits per heavy atom. The SMILES string of the molecule is CC(C)c1ccccc1NS(=O)(=O)c1cccc(S(=O)(=O)NC2CC2)c1. The van der Waals surface area contributed by atoms with Crippen LogP contribution in [-0.4, -0.2) is 22.9 Å². The van der Waals surface area contributed by atoms with Crippen molar-refractivity contribution in [3.63, 3.8) is 0 Å². The maximum atomic E-state index is 12.8. The van der Waals surface area contributed by atoms with Gasteiger partial charge in [-0.05, 0) is 48.6 Å². The van der Waals surface area contributed by atoms with Gasteiger partial charge < -0.3 is 0 Å². The van der Waals surface area contributed by atoms with Crippen LogP contribution in [0.4, 0.5) is 5.69 Å². The number of benzene rings is 2. The summed E-state index contributed by atoms with van der Waals surface area (Å²) >= 11 is 0. The molecule has 8 heteroatoms. The van der Waals surface area contributed by atoms with E-state index in [1.54, 1.807) is 12.1 Å². The van der Waals surface area contributed by atoms with Gasteiger partial charge in [-0.1, -0.05) is 38.1 Å². The molecule has 0 heterocycles. The van der Waals surface area contributed by atoms with Crippen LogP contribution in [0.3, 0.4) is 0 Å². The van der Waals surface area contributed by atoms with Crippen LogP contribution in [-0.2, 0) is 20.0 Å². The van der Waals surface area contributed by atoms with E-state index in [0.717, 1.165) is 18.4 Å². The van der Waals surface area contributed by atoms with E-state index < -0.39 is 20.0 Å². The molecule has 1 saturated carbocycles. The van der Waals surface area contributed by atoms with Crippen molar-refractivity contribution < 1.29 is 16.8 Å². The lowest BCUT2D eigenvalue weighted by Crippen LogP contribution is -2.26. The molecule has 0 aliphatic heterocycles. The zero-order chi connectivity index (χ0) is 18.9. The first-order valence-corrected chi connectivity index (χ1v) is 11.4. The van der Waals surface area contributed by atoms with Crippen LogP contribution in [0.1, 0.15) is 38.2 Å². The van der Waals surface area contributed by atoms with Crippen molar-refractivity contribution in [2.45, 2.75) is 48.4 Å². The van der Waals surface area contributed by atoms with Crippen molar-refractivity contribution in [3.05, 3.63) is 54.1 Å². The Balaban J connectivity index is 1.92. The van der Waals surface area contributed by atoms with E-state index in [9.17, 15) is 16.8 Å². The molecule has 0 spiro atoms. The highest BCUT2D eigenvalue weighted by Gasteiger charge is 2.28. The van der Waals surface area contributed by atoms with Crippen molar-refractivity contribution in [2.75, 3.05) is 4.72 Å². The molecular weight excluding hydrogens is 372 g/mol. The topological polar surface area (TPSA) is 92.3 Å². The second kappa shape index (κ2) is 7.02. The third-order valence-electron chi connectivity index (χ3n) is 4.15. The third kappa shape index (κ3) is 4.25. The highest BCUT2D eigenvalue weighted by molar-refractivity contribution is 7.93. The lowest BCUT2D eigenvalue weighted by molar-refractivity contribution is 0.580. The first-order chi connectivity index (χ1) is 12.2. The second-order valence-corrected chi connectivity index (χ2v) is 10.1. The molecule has 1 aliphatic rings. The predicted molar refractivity (Wildman–Crippen MR) is 101 cm³/mol. The molecule has 0 amide bonds. The van der Waals surface area contributed by atoms with Gasteiger partial charge in [0.2, 0.25) is 10.0 Å². The van der Waals surface area contributed by atoms with Crippen LogP contribution in [0.2, 0.25) is 0 Å². The van der Waals surface area contributed by atoms with Gasteiger partial charge in [0.15, 0.2) is 0 Å². The highest BCUT2D eigenvalue weighted by Crippen LogP contribution is 2.27. The average Bonchev–Trinajstić information content (AvgIpc) is 3.38. The summed E-state index contributed by atoms with van der Waals surface area (Å²) in [5, 5.41) is 0. The summed E-state index contributed by atoms with van der Waals surface area (Å²) in [5.41, 5.74) is 1.36. The zero-order valence-corrected chi connectivity index (χ0v) is 16.3. The van der Waals surface area contributed by atoms with Crippen LogP contribution >= 0.6 is 0 Å². The van der Waals surface area contributed by atoms with Crippen molar-refractivity contribution in [3.8, 4) is 0 Å². The minimum absolute atomic E-state index is 0.0451. The largest absolute Gasteiger partial charge is 0.279 e. The Morgan fingerprint density at radius 3 is 2.12 bits per heavy atom. The Hall–Kier alpha value is -1.90. The Kier molecular flexibility index (Phi) is 5.09. The molecule has 6 nitrogen and oxygen atoms in total. The van der Waals surface area contributed by atoms with Crippen LogP contribution < -0.4 is 9.44 Å². The summed E-state index contributed by atoms with van der Waals surface area (Å²) in [6.45, 7) is 3.95. The number of nitrogens with one attached hydrogen (secondary N) is 2. The molecule has 0 bridgehead atoms. The molecule has 0 radical (unpaired) electrons. The Labute approximate surface area is 154 Å². The molecule has 26 heavy (non-hydrogen) atoms. The molecule has 0 unspecified atom stereocenters. The molecule has 140 valence electrons. The molecule has 2 aromatic carbocycles. The van der Waals surface area contributed by atoms with Gasteiger partial charge in [-0.25, -0.2) is 21.6 Å². The number of hydrogen-bond donors (Lipinski definition) is 2. The summed E-state index contributed by atoms with van der Waals surface area (Å²) in [6, 6.07) is 12.5. The first kappa shape index (κ1) is 18.9. The summed E-state index contributed by atoms with van der Waals surface area (Å²) in [7, 11) is -7.62. The lowest BCUT2D eigenvalue weighted by atomic mass is 10.0. The number of hydrogen-bond acceptors (Lipinski definition) is 4. The van der Waals surface area contributed by atoms with Gasteiger partial charge in [-0.15, -0.1) is 0 Å². The maximum absolute atomic E-state index is 12.8. The summed E-state index contributed by atoms with van der Waals surface area (Å²) in [4.78, 5) is -0.140. The van der Waals surface area contributed by atoms with E-state index in [-0.39, 0.29) is 21.8 Å². The standard InChI is InChI=1S/C18H22N2O4S2/c1-13(2)17-8-3-4-9-18(17)20-26(23,24)16-7-5-6-15(12-16)25(21,22)19-14-10-11-14/h3-9,12-14,19-20H,10-11H2,1-2H3. The minimum Gasteiger partial charge on any atom is -0.279 e. The van der Waals surface area contributed by atoms with Gasteiger partial charge in [0.05, 0.1) is 15.5 Å². The maximum Gasteiger partial charge on any atom is 0.261 e. The van der Waals surface area contributed by atoms with E-state index >= 15 is 0 Å². The van der Waals surface area contributed by atoms with E-state index in [1.165, 1.54) is 24.3 Å². The lowest BCUT2D eigenvalue weighted by Gasteiger charge is -2.15. The number of anilines is 1. The number of rotatable bonds is 7. The summed E-state index contributed by atoms with van der Waals surface area (Å²) < 4.78 is 55.3. The highest BCUT2D eigenvalue weighted by atomic mass is 32.2. The molecule has 0 aromatic heterocycles. The van der Waals surface area contributed by atoms with Gasteiger partial charge in [0, 0.05) is 6.04 Å². The first-order valence-electron chi connectivity index (χ1n) is 8.43. The van der Waals surface area contributed by atoms with E-state index in [1.807, 2.05) is 26.0 Å². The molecule has 0 saturated heterocycles. The van der Waals surface area contributed by atoms with Gasteiger partial charge >= 0.3 is 0 Å². The second-order valence-electron chi connectivity index (χ2n) is 6.72. The third-order valence-corrected chi connectivity index (χ3v) is 7.03. The van der Waals surface area contributed by atoms with Crippen molar-refractivity contribution in [1.82, 2.24) is 4.72 Å². The molecule has 2 N–H and O–H groups in total. The molecule has 2 aromatic rings. The van der Waals surface area contributed by atoms with E-state index in [2.05, 4.69) is 9.44 Å². The number of sulfonamides is 2.